The van der Waals surface area contributed by atoms with Crippen LogP contribution in [0.3, 0.4) is 0 Å². The third-order valence-electron chi connectivity index (χ3n) is 4.97. The molecule has 0 unspecified atom stereocenters. The summed E-state index contributed by atoms with van der Waals surface area (Å²) in [5.41, 5.74) is 1.12. The molecular weight excluding hydrogens is 418 g/mol. The lowest BCUT2D eigenvalue weighted by Crippen LogP contribution is -2.57. The SMILES string of the molecule is Cc1ncc([C@H](C)NC(=O)Cn2nc3cccc(N4CC(F)(F)C4)n3c2=O)cc1Cl. The maximum Gasteiger partial charge on any atom is 0.352 e. The molecule has 0 radical (unpaired) electrons. The van der Waals surface area contributed by atoms with Gasteiger partial charge in [0.1, 0.15) is 12.4 Å². The van der Waals surface area contributed by atoms with Crippen molar-refractivity contribution in [3.05, 3.63) is 57.2 Å². The molecule has 158 valence electrons. The maximum atomic E-state index is 13.2. The number of halogens is 3. The molecule has 0 bridgehead atoms. The monoisotopic (exact) mass is 436 g/mol. The largest absolute Gasteiger partial charge is 0.352 e. The van der Waals surface area contributed by atoms with Crippen LogP contribution in [0.5, 0.6) is 0 Å². The van der Waals surface area contributed by atoms with Crippen LogP contribution in [0.2, 0.25) is 5.02 Å². The number of alkyl halides is 2. The van der Waals surface area contributed by atoms with Crippen molar-refractivity contribution in [3.63, 3.8) is 0 Å². The standard InChI is InChI=1S/C19H19ClF2N6O2/c1-11(13-6-14(20)12(2)23-7-13)24-16(29)8-27-18(30)28-15(25-27)4-3-5-17(28)26-9-19(21,22)10-26/h3-7,11H,8-10H2,1-2H3,(H,24,29)/t11-/m0/s1. The van der Waals surface area contributed by atoms with Crippen LogP contribution in [-0.4, -0.2) is 44.1 Å². The molecule has 1 saturated heterocycles. The number of aryl methyl sites for hydroxylation is 1. The van der Waals surface area contributed by atoms with E-state index in [1.807, 2.05) is 0 Å². The van der Waals surface area contributed by atoms with Crippen molar-refractivity contribution in [2.24, 2.45) is 0 Å². The van der Waals surface area contributed by atoms with E-state index in [2.05, 4.69) is 15.4 Å². The van der Waals surface area contributed by atoms with Gasteiger partial charge in [-0.2, -0.15) is 0 Å². The molecule has 0 spiro atoms. The average molecular weight is 437 g/mol. The van der Waals surface area contributed by atoms with Gasteiger partial charge in [-0.15, -0.1) is 5.10 Å². The van der Waals surface area contributed by atoms with Gasteiger partial charge in [0.15, 0.2) is 5.65 Å². The molecule has 4 rings (SSSR count). The average Bonchev–Trinajstić information content (AvgIpc) is 2.97. The van der Waals surface area contributed by atoms with Crippen molar-refractivity contribution in [2.75, 3.05) is 18.0 Å². The molecule has 4 heterocycles. The van der Waals surface area contributed by atoms with Crippen molar-refractivity contribution >= 4 is 29.0 Å². The predicted octanol–water partition coefficient (Wildman–Crippen LogP) is 2.19. The molecule has 1 fully saturated rings. The molecule has 1 amide bonds. The second kappa shape index (κ2) is 7.35. The highest BCUT2D eigenvalue weighted by molar-refractivity contribution is 6.31. The van der Waals surface area contributed by atoms with E-state index in [1.165, 1.54) is 9.30 Å². The first kappa shape index (κ1) is 20.3. The van der Waals surface area contributed by atoms with Gasteiger partial charge < -0.3 is 10.2 Å². The number of nitrogens with zero attached hydrogens (tertiary/aromatic N) is 5. The Morgan fingerprint density at radius 1 is 1.37 bits per heavy atom. The van der Waals surface area contributed by atoms with E-state index in [1.54, 1.807) is 44.3 Å². The predicted molar refractivity (Wildman–Crippen MR) is 107 cm³/mol. The van der Waals surface area contributed by atoms with Gasteiger partial charge in [0.25, 0.3) is 5.92 Å². The number of carbonyl (C=O) groups excluding carboxylic acids is 1. The van der Waals surface area contributed by atoms with Crippen molar-refractivity contribution < 1.29 is 13.6 Å². The lowest BCUT2D eigenvalue weighted by molar-refractivity contribution is -0.122. The highest BCUT2D eigenvalue weighted by atomic mass is 35.5. The van der Waals surface area contributed by atoms with E-state index in [4.69, 9.17) is 11.6 Å². The summed E-state index contributed by atoms with van der Waals surface area (Å²) in [4.78, 5) is 30.8. The third-order valence-corrected chi connectivity index (χ3v) is 5.35. The number of amides is 1. The summed E-state index contributed by atoms with van der Waals surface area (Å²) in [6, 6.07) is 6.13. The number of rotatable bonds is 5. The molecule has 0 saturated carbocycles. The van der Waals surface area contributed by atoms with E-state index >= 15 is 0 Å². The highest BCUT2D eigenvalue weighted by Gasteiger charge is 2.44. The molecule has 8 nitrogen and oxygen atoms in total. The topological polar surface area (TPSA) is 84.5 Å². The molecule has 0 aromatic carbocycles. The van der Waals surface area contributed by atoms with Gasteiger partial charge in [-0.3, -0.25) is 9.78 Å². The van der Waals surface area contributed by atoms with Gasteiger partial charge in [0.05, 0.1) is 29.8 Å². The molecule has 1 aliphatic rings. The molecule has 1 atom stereocenters. The van der Waals surface area contributed by atoms with E-state index < -0.39 is 30.6 Å². The van der Waals surface area contributed by atoms with Gasteiger partial charge in [-0.1, -0.05) is 17.7 Å². The first-order valence-electron chi connectivity index (χ1n) is 9.27. The van der Waals surface area contributed by atoms with Crippen LogP contribution in [-0.2, 0) is 11.3 Å². The fourth-order valence-corrected chi connectivity index (χ4v) is 3.51. The minimum Gasteiger partial charge on any atom is -0.348 e. The number of aromatic nitrogens is 4. The van der Waals surface area contributed by atoms with Crippen molar-refractivity contribution in [1.29, 1.82) is 0 Å². The molecule has 3 aromatic heterocycles. The molecule has 1 aliphatic heterocycles. The number of anilines is 1. The van der Waals surface area contributed by atoms with E-state index in [0.717, 1.165) is 10.2 Å². The van der Waals surface area contributed by atoms with Gasteiger partial charge in [-0.05, 0) is 37.6 Å². The van der Waals surface area contributed by atoms with Crippen molar-refractivity contribution in [1.82, 2.24) is 24.5 Å². The lowest BCUT2D eigenvalue weighted by Gasteiger charge is -2.40. The number of carbonyl (C=O) groups is 1. The number of fused-ring (bicyclic) bond motifs is 1. The van der Waals surface area contributed by atoms with Crippen molar-refractivity contribution in [2.45, 2.75) is 32.4 Å². The summed E-state index contributed by atoms with van der Waals surface area (Å²) in [5, 5.41) is 7.43. The molecule has 1 N–H and O–H groups in total. The third kappa shape index (κ3) is 3.74. The Morgan fingerprint density at radius 3 is 2.77 bits per heavy atom. The van der Waals surface area contributed by atoms with E-state index in [0.29, 0.717) is 16.5 Å². The van der Waals surface area contributed by atoms with Crippen LogP contribution in [0.15, 0.2) is 35.3 Å². The summed E-state index contributed by atoms with van der Waals surface area (Å²) < 4.78 is 28.7. The Balaban J connectivity index is 1.52. The van der Waals surface area contributed by atoms with Crippen LogP contribution in [0.1, 0.15) is 24.2 Å². The minimum absolute atomic E-state index is 0.281. The Labute approximate surface area is 175 Å². The molecule has 11 heteroatoms. The molecule has 0 aliphatic carbocycles. The number of hydrogen-bond donors (Lipinski definition) is 1. The van der Waals surface area contributed by atoms with Crippen molar-refractivity contribution in [3.8, 4) is 0 Å². The Morgan fingerprint density at radius 2 is 2.10 bits per heavy atom. The maximum absolute atomic E-state index is 13.2. The van der Waals surface area contributed by atoms with E-state index in [9.17, 15) is 18.4 Å². The van der Waals surface area contributed by atoms with Gasteiger partial charge >= 0.3 is 5.69 Å². The second-order valence-electron chi connectivity index (χ2n) is 7.35. The van der Waals surface area contributed by atoms with Crippen LogP contribution < -0.4 is 15.9 Å². The zero-order chi connectivity index (χ0) is 21.6. The van der Waals surface area contributed by atoms with E-state index in [-0.39, 0.29) is 18.2 Å². The Bertz CT molecular complexity index is 1180. The lowest BCUT2D eigenvalue weighted by atomic mass is 10.1. The quantitative estimate of drug-likeness (QED) is 0.662. The van der Waals surface area contributed by atoms with Gasteiger partial charge in [0, 0.05) is 6.20 Å². The first-order valence-corrected chi connectivity index (χ1v) is 9.65. The van der Waals surface area contributed by atoms with Gasteiger partial charge in [-0.25, -0.2) is 22.7 Å². The Hall–Kier alpha value is -3.01. The van der Waals surface area contributed by atoms with Crippen LogP contribution >= 0.6 is 11.6 Å². The summed E-state index contributed by atoms with van der Waals surface area (Å²) in [5.74, 6) is -2.88. The number of hydrogen-bond acceptors (Lipinski definition) is 5. The molecule has 30 heavy (non-hydrogen) atoms. The summed E-state index contributed by atoms with van der Waals surface area (Å²) >= 11 is 6.08. The zero-order valence-electron chi connectivity index (χ0n) is 16.3. The Kier molecular flexibility index (Phi) is 4.97. The van der Waals surface area contributed by atoms with Crippen LogP contribution in [0.4, 0.5) is 14.6 Å². The normalized spacial score (nSPS) is 16.4. The van der Waals surface area contributed by atoms with Gasteiger partial charge in [0.2, 0.25) is 5.91 Å². The van der Waals surface area contributed by atoms with Crippen LogP contribution in [0, 0.1) is 6.92 Å². The zero-order valence-corrected chi connectivity index (χ0v) is 17.0. The van der Waals surface area contributed by atoms with Crippen LogP contribution in [0.25, 0.3) is 5.65 Å². The fourth-order valence-electron chi connectivity index (χ4n) is 3.33. The number of nitrogens with one attached hydrogen (secondary N) is 1. The first-order chi connectivity index (χ1) is 14.1. The second-order valence-corrected chi connectivity index (χ2v) is 7.76. The summed E-state index contributed by atoms with van der Waals surface area (Å²) in [6.07, 6.45) is 1.62. The molecular formula is C19H19ClF2N6O2. The summed E-state index contributed by atoms with van der Waals surface area (Å²) in [7, 11) is 0. The summed E-state index contributed by atoms with van der Waals surface area (Å²) in [6.45, 7) is 2.31. The fraction of sp³-hybridized carbons (Fsp3) is 0.368. The highest BCUT2D eigenvalue weighted by Crippen LogP contribution is 2.31. The molecule has 3 aromatic rings. The smallest absolute Gasteiger partial charge is 0.348 e. The number of pyridine rings is 2. The minimum atomic E-state index is -2.77.